The summed E-state index contributed by atoms with van der Waals surface area (Å²) in [4.78, 5) is 8.69. The number of halogens is 1. The minimum atomic E-state index is 0. The maximum Gasteiger partial charge on any atom is 0.228 e. The topological polar surface area (TPSA) is 93.2 Å². The second kappa shape index (κ2) is 11.1. The molecule has 9 heteroatoms. The van der Waals surface area contributed by atoms with Crippen molar-refractivity contribution in [1.82, 2.24) is 30.6 Å². The Hall–Kier alpha value is -2.43. The Morgan fingerprint density at radius 2 is 1.97 bits per heavy atom. The molecule has 2 N–H and O–H groups in total. The largest absolute Gasteiger partial charge is 0.356 e. The van der Waals surface area contributed by atoms with Crippen molar-refractivity contribution in [2.75, 3.05) is 13.6 Å². The molecule has 0 saturated heterocycles. The molecule has 2 aromatic heterocycles. The molecule has 1 aromatic carbocycles. The quantitative estimate of drug-likeness (QED) is 0.280. The fraction of sp³-hybridized carbons (Fsp3) is 0.429. The highest BCUT2D eigenvalue weighted by atomic mass is 127. The zero-order valence-corrected chi connectivity index (χ0v) is 20.5. The number of para-hydroxylation sites is 1. The molecule has 30 heavy (non-hydrogen) atoms. The first-order valence-corrected chi connectivity index (χ1v) is 9.86. The van der Waals surface area contributed by atoms with E-state index >= 15 is 0 Å². The molecule has 0 radical (unpaired) electrons. The molecule has 0 bridgehead atoms. The Kier molecular flexibility index (Phi) is 8.82. The summed E-state index contributed by atoms with van der Waals surface area (Å²) in [5.41, 5.74) is 4.32. The predicted molar refractivity (Wildman–Crippen MR) is 129 cm³/mol. The van der Waals surface area contributed by atoms with E-state index in [1.165, 1.54) is 0 Å². The zero-order chi connectivity index (χ0) is 20.8. The predicted octanol–water partition coefficient (Wildman–Crippen LogP) is 3.52. The van der Waals surface area contributed by atoms with Crippen LogP contribution in [0.2, 0.25) is 0 Å². The van der Waals surface area contributed by atoms with Crippen molar-refractivity contribution in [2.45, 2.75) is 46.6 Å². The third kappa shape index (κ3) is 6.04. The first-order valence-electron chi connectivity index (χ1n) is 9.86. The van der Waals surface area contributed by atoms with Crippen molar-refractivity contribution in [3.05, 3.63) is 59.0 Å². The van der Waals surface area contributed by atoms with Crippen molar-refractivity contribution < 1.29 is 4.52 Å². The summed E-state index contributed by atoms with van der Waals surface area (Å²) in [7, 11) is 1.76. The van der Waals surface area contributed by atoms with Gasteiger partial charge in [0, 0.05) is 38.2 Å². The van der Waals surface area contributed by atoms with Crippen LogP contribution in [0.1, 0.15) is 48.4 Å². The van der Waals surface area contributed by atoms with Crippen LogP contribution in [0.5, 0.6) is 0 Å². The van der Waals surface area contributed by atoms with Crippen molar-refractivity contribution >= 4 is 29.9 Å². The van der Waals surface area contributed by atoms with E-state index in [4.69, 9.17) is 4.52 Å². The highest BCUT2D eigenvalue weighted by Gasteiger charge is 2.11. The standard InChI is InChI=1S/C21H29N7O.HI/c1-14(2)20-25-19(29-27-20)10-11-23-21(22-5)24-13-17-8-6-7-9-18(17)28-16(4)12-15(3)26-28;/h6-9,12,14H,10-11,13H2,1-5H3,(H2,22,23,24);1H. The molecule has 0 atom stereocenters. The lowest BCUT2D eigenvalue weighted by molar-refractivity contribution is 0.371. The van der Waals surface area contributed by atoms with Gasteiger partial charge in [-0.25, -0.2) is 4.68 Å². The van der Waals surface area contributed by atoms with Crippen LogP contribution in [-0.4, -0.2) is 39.5 Å². The van der Waals surface area contributed by atoms with Crippen LogP contribution in [0.4, 0.5) is 0 Å². The highest BCUT2D eigenvalue weighted by molar-refractivity contribution is 14.0. The highest BCUT2D eigenvalue weighted by Crippen LogP contribution is 2.17. The van der Waals surface area contributed by atoms with Crippen LogP contribution in [0.3, 0.4) is 0 Å². The van der Waals surface area contributed by atoms with E-state index in [0.717, 1.165) is 34.4 Å². The summed E-state index contributed by atoms with van der Waals surface area (Å²) >= 11 is 0. The summed E-state index contributed by atoms with van der Waals surface area (Å²) in [5.74, 6) is 2.35. The van der Waals surface area contributed by atoms with Gasteiger partial charge in [0.1, 0.15) is 0 Å². The smallest absolute Gasteiger partial charge is 0.228 e. The Labute approximate surface area is 194 Å². The van der Waals surface area contributed by atoms with Gasteiger partial charge in [0.2, 0.25) is 5.89 Å². The third-order valence-electron chi connectivity index (χ3n) is 4.53. The van der Waals surface area contributed by atoms with E-state index in [9.17, 15) is 0 Å². The number of nitrogens with one attached hydrogen (secondary N) is 2. The van der Waals surface area contributed by atoms with Crippen molar-refractivity contribution in [2.24, 2.45) is 4.99 Å². The molecule has 2 heterocycles. The normalized spacial score (nSPS) is 11.5. The van der Waals surface area contributed by atoms with Gasteiger partial charge in [0.15, 0.2) is 11.8 Å². The van der Waals surface area contributed by atoms with Gasteiger partial charge < -0.3 is 15.2 Å². The molecule has 0 aliphatic rings. The lowest BCUT2D eigenvalue weighted by Crippen LogP contribution is -2.38. The number of guanidine groups is 1. The second-order valence-electron chi connectivity index (χ2n) is 7.27. The monoisotopic (exact) mass is 523 g/mol. The van der Waals surface area contributed by atoms with Gasteiger partial charge in [-0.05, 0) is 31.5 Å². The molecular formula is C21H30IN7O. The maximum absolute atomic E-state index is 5.28. The number of aromatic nitrogens is 4. The van der Waals surface area contributed by atoms with Gasteiger partial charge in [0.05, 0.1) is 11.4 Å². The molecule has 0 aliphatic heterocycles. The Morgan fingerprint density at radius 1 is 1.20 bits per heavy atom. The van der Waals surface area contributed by atoms with Crippen molar-refractivity contribution in [1.29, 1.82) is 0 Å². The first-order chi connectivity index (χ1) is 14.0. The molecule has 162 valence electrons. The van der Waals surface area contributed by atoms with Crippen molar-refractivity contribution in [3.8, 4) is 5.69 Å². The molecule has 0 saturated carbocycles. The van der Waals surface area contributed by atoms with Crippen LogP contribution in [-0.2, 0) is 13.0 Å². The third-order valence-corrected chi connectivity index (χ3v) is 4.53. The molecule has 3 rings (SSSR count). The minimum absolute atomic E-state index is 0. The molecule has 0 fully saturated rings. The lowest BCUT2D eigenvalue weighted by Gasteiger charge is -2.14. The van der Waals surface area contributed by atoms with Crippen LogP contribution in [0.25, 0.3) is 5.69 Å². The van der Waals surface area contributed by atoms with Crippen molar-refractivity contribution in [3.63, 3.8) is 0 Å². The fourth-order valence-corrected chi connectivity index (χ4v) is 3.03. The molecule has 0 aliphatic carbocycles. The van der Waals surface area contributed by atoms with Crippen LogP contribution < -0.4 is 10.6 Å². The van der Waals surface area contributed by atoms with Gasteiger partial charge in [-0.1, -0.05) is 37.2 Å². The van der Waals surface area contributed by atoms with Gasteiger partial charge in [-0.15, -0.1) is 24.0 Å². The SMILES string of the molecule is CN=C(NCCc1nc(C(C)C)no1)NCc1ccccc1-n1nc(C)cc1C.I. The van der Waals surface area contributed by atoms with Crippen LogP contribution in [0.15, 0.2) is 39.8 Å². The Morgan fingerprint density at radius 3 is 2.60 bits per heavy atom. The number of aryl methyl sites for hydroxylation is 2. The fourth-order valence-electron chi connectivity index (χ4n) is 3.03. The van der Waals surface area contributed by atoms with Crippen LogP contribution in [0, 0.1) is 13.8 Å². The summed E-state index contributed by atoms with van der Waals surface area (Å²) in [5, 5.41) is 15.2. The Balaban J connectivity index is 0.00000320. The zero-order valence-electron chi connectivity index (χ0n) is 18.1. The molecule has 8 nitrogen and oxygen atoms in total. The maximum atomic E-state index is 5.28. The average molecular weight is 523 g/mol. The minimum Gasteiger partial charge on any atom is -0.356 e. The molecule has 3 aromatic rings. The van der Waals surface area contributed by atoms with E-state index in [2.05, 4.69) is 56.0 Å². The van der Waals surface area contributed by atoms with E-state index in [1.54, 1.807) is 7.05 Å². The van der Waals surface area contributed by atoms with E-state index in [0.29, 0.717) is 25.4 Å². The summed E-state index contributed by atoms with van der Waals surface area (Å²) < 4.78 is 7.25. The summed E-state index contributed by atoms with van der Waals surface area (Å²) in [6.45, 7) is 9.44. The first kappa shape index (κ1) is 23.8. The average Bonchev–Trinajstić information content (AvgIpc) is 3.31. The van der Waals surface area contributed by atoms with E-state index < -0.39 is 0 Å². The van der Waals surface area contributed by atoms with E-state index in [1.807, 2.05) is 37.6 Å². The lowest BCUT2D eigenvalue weighted by atomic mass is 10.1. The number of hydrogen-bond acceptors (Lipinski definition) is 5. The number of nitrogens with zero attached hydrogens (tertiary/aromatic N) is 5. The summed E-state index contributed by atoms with van der Waals surface area (Å²) in [6, 6.07) is 10.3. The Bertz CT molecular complexity index is 977. The molecule has 0 amide bonds. The number of aliphatic imine (C=N–C) groups is 1. The van der Waals surface area contributed by atoms with Gasteiger partial charge in [-0.2, -0.15) is 10.1 Å². The molecule has 0 spiro atoms. The number of hydrogen-bond donors (Lipinski definition) is 2. The number of benzene rings is 1. The second-order valence-corrected chi connectivity index (χ2v) is 7.27. The van der Waals surface area contributed by atoms with Gasteiger partial charge in [0.25, 0.3) is 0 Å². The summed E-state index contributed by atoms with van der Waals surface area (Å²) in [6.07, 6.45) is 0.642. The number of rotatable bonds is 7. The van der Waals surface area contributed by atoms with Crippen LogP contribution >= 0.6 is 24.0 Å². The van der Waals surface area contributed by atoms with Gasteiger partial charge in [-0.3, -0.25) is 4.99 Å². The van der Waals surface area contributed by atoms with Gasteiger partial charge >= 0.3 is 0 Å². The molecular weight excluding hydrogens is 493 g/mol. The molecule has 0 unspecified atom stereocenters. The van der Waals surface area contributed by atoms with E-state index in [-0.39, 0.29) is 29.9 Å².